The quantitative estimate of drug-likeness (QED) is 0.855. The lowest BCUT2D eigenvalue weighted by Crippen LogP contribution is -2.00. The van der Waals surface area contributed by atoms with Crippen molar-refractivity contribution in [2.45, 2.75) is 20.0 Å². The fourth-order valence-corrected chi connectivity index (χ4v) is 1.88. The molecule has 1 unspecified atom stereocenters. The van der Waals surface area contributed by atoms with E-state index in [0.717, 1.165) is 16.7 Å². The van der Waals surface area contributed by atoms with E-state index in [9.17, 15) is 5.11 Å². The largest absolute Gasteiger partial charge is 0.384 e. The molecule has 0 bridgehead atoms. The van der Waals surface area contributed by atoms with Crippen LogP contribution >= 0.6 is 0 Å². The van der Waals surface area contributed by atoms with Gasteiger partial charge >= 0.3 is 0 Å². The van der Waals surface area contributed by atoms with Crippen LogP contribution in [0.4, 0.5) is 0 Å². The van der Waals surface area contributed by atoms with Gasteiger partial charge in [0.05, 0.1) is 0 Å². The summed E-state index contributed by atoms with van der Waals surface area (Å²) in [6, 6.07) is 15.9. The standard InChI is InChI=1S/C17H18O/c1-12-4-8-15(9-5-12)14(3)17(18)16-10-6-13(2)7-11-16/h4-11,17-18H,3H2,1-2H3. The molecule has 0 aliphatic rings. The lowest BCUT2D eigenvalue weighted by Gasteiger charge is -2.15. The van der Waals surface area contributed by atoms with Crippen molar-refractivity contribution in [2.24, 2.45) is 0 Å². The predicted octanol–water partition coefficient (Wildman–Crippen LogP) is 4.05. The first-order valence-electron chi connectivity index (χ1n) is 6.08. The van der Waals surface area contributed by atoms with Gasteiger partial charge in [0.2, 0.25) is 0 Å². The Balaban J connectivity index is 2.23. The van der Waals surface area contributed by atoms with Gasteiger partial charge in [0.1, 0.15) is 6.10 Å². The minimum absolute atomic E-state index is 0.645. The van der Waals surface area contributed by atoms with E-state index in [0.29, 0.717) is 0 Å². The molecular formula is C17H18O. The van der Waals surface area contributed by atoms with E-state index >= 15 is 0 Å². The maximum atomic E-state index is 10.3. The van der Waals surface area contributed by atoms with Crippen LogP contribution < -0.4 is 0 Å². The molecule has 2 rings (SSSR count). The Morgan fingerprint density at radius 1 is 0.889 bits per heavy atom. The normalized spacial score (nSPS) is 12.2. The summed E-state index contributed by atoms with van der Waals surface area (Å²) in [7, 11) is 0. The van der Waals surface area contributed by atoms with E-state index in [-0.39, 0.29) is 0 Å². The summed E-state index contributed by atoms with van der Waals surface area (Å²) in [5.41, 5.74) is 4.99. The van der Waals surface area contributed by atoms with Crippen molar-refractivity contribution in [3.8, 4) is 0 Å². The van der Waals surface area contributed by atoms with Crippen LogP contribution in [-0.4, -0.2) is 5.11 Å². The molecule has 0 spiro atoms. The molecule has 18 heavy (non-hydrogen) atoms. The van der Waals surface area contributed by atoms with Gasteiger partial charge in [0.15, 0.2) is 0 Å². The van der Waals surface area contributed by atoms with Crippen LogP contribution in [0.25, 0.3) is 5.57 Å². The topological polar surface area (TPSA) is 20.2 Å². The number of aliphatic hydroxyl groups is 1. The van der Waals surface area contributed by atoms with Gasteiger partial charge in [0, 0.05) is 0 Å². The summed E-state index contributed by atoms with van der Waals surface area (Å²) >= 11 is 0. The van der Waals surface area contributed by atoms with Gasteiger partial charge in [-0.25, -0.2) is 0 Å². The lowest BCUT2D eigenvalue weighted by molar-refractivity contribution is 0.238. The van der Waals surface area contributed by atoms with Crippen molar-refractivity contribution in [1.82, 2.24) is 0 Å². The third-order valence-electron chi connectivity index (χ3n) is 3.15. The molecule has 0 amide bonds. The van der Waals surface area contributed by atoms with E-state index in [1.807, 2.05) is 62.4 Å². The zero-order valence-corrected chi connectivity index (χ0v) is 10.9. The fourth-order valence-electron chi connectivity index (χ4n) is 1.88. The van der Waals surface area contributed by atoms with E-state index in [4.69, 9.17) is 0 Å². The summed E-state index contributed by atoms with van der Waals surface area (Å²) in [5, 5.41) is 10.3. The molecule has 0 saturated heterocycles. The van der Waals surface area contributed by atoms with E-state index in [1.54, 1.807) is 0 Å². The van der Waals surface area contributed by atoms with Gasteiger partial charge < -0.3 is 5.11 Å². The average Bonchev–Trinajstić information content (AvgIpc) is 2.39. The van der Waals surface area contributed by atoms with Crippen molar-refractivity contribution >= 4 is 5.57 Å². The van der Waals surface area contributed by atoms with Crippen molar-refractivity contribution in [1.29, 1.82) is 0 Å². The summed E-state index contributed by atoms with van der Waals surface area (Å²) in [4.78, 5) is 0. The molecule has 1 N–H and O–H groups in total. The maximum absolute atomic E-state index is 10.3. The molecule has 0 saturated carbocycles. The van der Waals surface area contributed by atoms with Crippen molar-refractivity contribution in [3.05, 3.63) is 77.4 Å². The highest BCUT2D eigenvalue weighted by atomic mass is 16.3. The van der Waals surface area contributed by atoms with Crippen LogP contribution in [0.2, 0.25) is 0 Å². The molecule has 0 aromatic heterocycles. The van der Waals surface area contributed by atoms with Crippen LogP contribution in [0.1, 0.15) is 28.4 Å². The molecule has 2 aromatic rings. The smallest absolute Gasteiger partial charge is 0.104 e. The number of aliphatic hydroxyl groups excluding tert-OH is 1. The first-order chi connectivity index (χ1) is 8.58. The summed E-state index contributed by atoms with van der Waals surface area (Å²) in [6.07, 6.45) is -0.645. The van der Waals surface area contributed by atoms with Gasteiger partial charge in [-0.2, -0.15) is 0 Å². The molecule has 0 heterocycles. The molecule has 0 aliphatic heterocycles. The summed E-state index contributed by atoms with van der Waals surface area (Å²) in [6.45, 7) is 8.08. The van der Waals surface area contributed by atoms with Gasteiger partial charge in [-0.15, -0.1) is 0 Å². The number of rotatable bonds is 3. The van der Waals surface area contributed by atoms with Crippen LogP contribution in [0.5, 0.6) is 0 Å². The highest BCUT2D eigenvalue weighted by molar-refractivity contribution is 5.68. The first kappa shape index (κ1) is 12.6. The number of benzene rings is 2. The molecule has 92 valence electrons. The SMILES string of the molecule is C=C(c1ccc(C)cc1)C(O)c1ccc(C)cc1. The van der Waals surface area contributed by atoms with Crippen LogP contribution in [0.3, 0.4) is 0 Å². The predicted molar refractivity (Wildman–Crippen MR) is 76.4 cm³/mol. The second kappa shape index (κ2) is 5.19. The summed E-state index contributed by atoms with van der Waals surface area (Å²) < 4.78 is 0. The Kier molecular flexibility index (Phi) is 3.63. The second-order valence-electron chi connectivity index (χ2n) is 4.70. The molecule has 0 radical (unpaired) electrons. The third kappa shape index (κ3) is 2.69. The number of aryl methyl sites for hydroxylation is 2. The minimum atomic E-state index is -0.645. The van der Waals surface area contributed by atoms with Gasteiger partial charge in [0.25, 0.3) is 0 Å². The minimum Gasteiger partial charge on any atom is -0.384 e. The van der Waals surface area contributed by atoms with Crippen LogP contribution in [-0.2, 0) is 0 Å². The van der Waals surface area contributed by atoms with Crippen molar-refractivity contribution in [2.75, 3.05) is 0 Å². The molecule has 0 aliphatic carbocycles. The molecule has 2 aromatic carbocycles. The Morgan fingerprint density at radius 2 is 1.33 bits per heavy atom. The average molecular weight is 238 g/mol. The van der Waals surface area contributed by atoms with E-state index in [2.05, 4.69) is 6.58 Å². The second-order valence-corrected chi connectivity index (χ2v) is 4.70. The first-order valence-corrected chi connectivity index (χ1v) is 6.08. The van der Waals surface area contributed by atoms with Crippen LogP contribution in [0.15, 0.2) is 55.1 Å². The monoisotopic (exact) mass is 238 g/mol. The Hall–Kier alpha value is -1.86. The van der Waals surface area contributed by atoms with Gasteiger partial charge in [-0.1, -0.05) is 66.2 Å². The highest BCUT2D eigenvalue weighted by Gasteiger charge is 2.12. The molecule has 1 atom stereocenters. The van der Waals surface area contributed by atoms with Crippen molar-refractivity contribution < 1.29 is 5.11 Å². The third-order valence-corrected chi connectivity index (χ3v) is 3.15. The van der Waals surface area contributed by atoms with Crippen LogP contribution in [0, 0.1) is 13.8 Å². The van der Waals surface area contributed by atoms with Gasteiger partial charge in [-0.3, -0.25) is 0 Å². The molecule has 0 fully saturated rings. The summed E-state index contributed by atoms with van der Waals surface area (Å²) in [5.74, 6) is 0. The van der Waals surface area contributed by atoms with Gasteiger partial charge in [-0.05, 0) is 30.5 Å². The Bertz CT molecular complexity index is 535. The zero-order chi connectivity index (χ0) is 13.1. The molecule has 1 nitrogen and oxygen atoms in total. The Labute approximate surface area is 108 Å². The highest BCUT2D eigenvalue weighted by Crippen LogP contribution is 2.28. The fraction of sp³-hybridized carbons (Fsp3) is 0.176. The number of hydrogen-bond acceptors (Lipinski definition) is 1. The van der Waals surface area contributed by atoms with E-state index < -0.39 is 6.10 Å². The molecule has 1 heteroatoms. The number of hydrogen-bond donors (Lipinski definition) is 1. The van der Waals surface area contributed by atoms with Crippen molar-refractivity contribution in [3.63, 3.8) is 0 Å². The Morgan fingerprint density at radius 3 is 1.83 bits per heavy atom. The van der Waals surface area contributed by atoms with E-state index in [1.165, 1.54) is 11.1 Å². The maximum Gasteiger partial charge on any atom is 0.104 e. The zero-order valence-electron chi connectivity index (χ0n) is 10.9. The molecular weight excluding hydrogens is 220 g/mol. The lowest BCUT2D eigenvalue weighted by atomic mass is 9.95.